The molecule has 0 radical (unpaired) electrons. The van der Waals surface area contributed by atoms with E-state index < -0.39 is 0 Å². The molecule has 1 aromatic carbocycles. The Morgan fingerprint density at radius 3 is 2.90 bits per heavy atom. The van der Waals surface area contributed by atoms with Crippen molar-refractivity contribution in [2.24, 2.45) is 0 Å². The van der Waals surface area contributed by atoms with E-state index in [9.17, 15) is 0 Å². The fourth-order valence-electron chi connectivity index (χ4n) is 2.79. The van der Waals surface area contributed by atoms with Gasteiger partial charge in [0.2, 0.25) is 5.89 Å². The first-order valence-corrected chi connectivity index (χ1v) is 7.52. The number of hydrogen-bond acceptors (Lipinski definition) is 4. The summed E-state index contributed by atoms with van der Waals surface area (Å²) < 4.78 is 11.7. The SMILES string of the molecule is CCc1cnc(CNC2CC(C)(C)Oc3ccccc32)o1. The molecule has 1 aliphatic rings. The van der Waals surface area contributed by atoms with Crippen molar-refractivity contribution >= 4 is 0 Å². The second-order valence-electron chi connectivity index (χ2n) is 6.11. The zero-order chi connectivity index (χ0) is 14.9. The fourth-order valence-corrected chi connectivity index (χ4v) is 2.79. The third-order valence-corrected chi connectivity index (χ3v) is 3.83. The zero-order valence-electron chi connectivity index (χ0n) is 12.8. The van der Waals surface area contributed by atoms with E-state index in [1.807, 2.05) is 12.1 Å². The third kappa shape index (κ3) is 3.10. The highest BCUT2D eigenvalue weighted by atomic mass is 16.5. The second-order valence-corrected chi connectivity index (χ2v) is 6.11. The molecule has 1 aliphatic heterocycles. The number of nitrogens with zero attached hydrogens (tertiary/aromatic N) is 1. The maximum atomic E-state index is 6.04. The molecule has 1 atom stereocenters. The molecule has 21 heavy (non-hydrogen) atoms. The summed E-state index contributed by atoms with van der Waals surface area (Å²) in [7, 11) is 0. The monoisotopic (exact) mass is 286 g/mol. The van der Waals surface area contributed by atoms with E-state index in [1.165, 1.54) is 5.56 Å². The van der Waals surface area contributed by atoms with Gasteiger partial charge in [-0.05, 0) is 19.9 Å². The van der Waals surface area contributed by atoms with E-state index in [-0.39, 0.29) is 11.6 Å². The molecule has 1 aromatic heterocycles. The van der Waals surface area contributed by atoms with Crippen LogP contribution in [0.25, 0.3) is 0 Å². The molecule has 4 nitrogen and oxygen atoms in total. The van der Waals surface area contributed by atoms with Crippen LogP contribution in [0.15, 0.2) is 34.9 Å². The second kappa shape index (κ2) is 5.53. The maximum Gasteiger partial charge on any atom is 0.208 e. The zero-order valence-corrected chi connectivity index (χ0v) is 12.8. The van der Waals surface area contributed by atoms with Gasteiger partial charge in [0.1, 0.15) is 17.1 Å². The summed E-state index contributed by atoms with van der Waals surface area (Å²) in [6.45, 7) is 6.94. The summed E-state index contributed by atoms with van der Waals surface area (Å²) in [6, 6.07) is 8.47. The van der Waals surface area contributed by atoms with Gasteiger partial charge < -0.3 is 14.5 Å². The highest BCUT2D eigenvalue weighted by Gasteiger charge is 2.33. The molecule has 0 amide bonds. The fraction of sp³-hybridized carbons (Fsp3) is 0.471. The van der Waals surface area contributed by atoms with Crippen LogP contribution in [0.1, 0.15) is 50.4 Å². The Morgan fingerprint density at radius 1 is 1.33 bits per heavy atom. The molecule has 0 spiro atoms. The topological polar surface area (TPSA) is 47.3 Å². The minimum atomic E-state index is -0.169. The first-order valence-electron chi connectivity index (χ1n) is 7.52. The number of oxazole rings is 1. The van der Waals surface area contributed by atoms with Crippen molar-refractivity contribution in [1.82, 2.24) is 10.3 Å². The lowest BCUT2D eigenvalue weighted by atomic mass is 9.90. The lowest BCUT2D eigenvalue weighted by Crippen LogP contribution is -2.39. The van der Waals surface area contributed by atoms with Crippen molar-refractivity contribution in [3.8, 4) is 5.75 Å². The number of rotatable bonds is 4. The lowest BCUT2D eigenvalue weighted by molar-refractivity contribution is 0.0652. The van der Waals surface area contributed by atoms with E-state index in [4.69, 9.17) is 9.15 Å². The quantitative estimate of drug-likeness (QED) is 0.932. The van der Waals surface area contributed by atoms with Crippen LogP contribution in [0.5, 0.6) is 5.75 Å². The standard InChI is InChI=1S/C17H22N2O2/c1-4-12-10-19-16(20-12)11-18-14-9-17(2,3)21-15-8-6-5-7-13(14)15/h5-8,10,14,18H,4,9,11H2,1-3H3. The molecule has 1 unspecified atom stereocenters. The van der Waals surface area contributed by atoms with Gasteiger partial charge in [0.25, 0.3) is 0 Å². The summed E-state index contributed by atoms with van der Waals surface area (Å²) >= 11 is 0. The highest BCUT2D eigenvalue weighted by Crippen LogP contribution is 2.39. The van der Waals surface area contributed by atoms with E-state index in [2.05, 4.69) is 43.2 Å². The van der Waals surface area contributed by atoms with Gasteiger partial charge >= 0.3 is 0 Å². The minimum absolute atomic E-state index is 0.169. The molecule has 2 aromatic rings. The molecular formula is C17H22N2O2. The number of aromatic nitrogens is 1. The third-order valence-electron chi connectivity index (χ3n) is 3.83. The first kappa shape index (κ1) is 14.1. The molecule has 2 heterocycles. The van der Waals surface area contributed by atoms with Crippen molar-refractivity contribution in [3.05, 3.63) is 47.7 Å². The van der Waals surface area contributed by atoms with Crippen LogP contribution >= 0.6 is 0 Å². The predicted molar refractivity (Wildman–Crippen MR) is 81.2 cm³/mol. The molecule has 3 rings (SSSR count). The average molecular weight is 286 g/mol. The molecule has 0 aliphatic carbocycles. The normalized spacial score (nSPS) is 19.9. The molecule has 112 valence electrons. The summed E-state index contributed by atoms with van der Waals surface area (Å²) in [5.41, 5.74) is 1.04. The van der Waals surface area contributed by atoms with E-state index in [0.717, 1.165) is 30.2 Å². The predicted octanol–water partition coefficient (Wildman–Crippen LogP) is 3.63. The van der Waals surface area contributed by atoms with Gasteiger partial charge in [0, 0.05) is 24.4 Å². The molecule has 1 N–H and O–H groups in total. The molecule has 0 bridgehead atoms. The molecule has 0 fully saturated rings. The number of hydrogen-bond donors (Lipinski definition) is 1. The van der Waals surface area contributed by atoms with Crippen molar-refractivity contribution in [2.75, 3.05) is 0 Å². The van der Waals surface area contributed by atoms with Gasteiger partial charge in [-0.15, -0.1) is 0 Å². The van der Waals surface area contributed by atoms with Crippen LogP contribution in [0.2, 0.25) is 0 Å². The minimum Gasteiger partial charge on any atom is -0.487 e. The number of ether oxygens (including phenoxy) is 1. The van der Waals surface area contributed by atoms with E-state index in [1.54, 1.807) is 6.20 Å². The Labute approximate surface area is 125 Å². The van der Waals surface area contributed by atoms with E-state index in [0.29, 0.717) is 6.54 Å². The van der Waals surface area contributed by atoms with Crippen molar-refractivity contribution in [2.45, 2.75) is 51.8 Å². The summed E-state index contributed by atoms with van der Waals surface area (Å²) in [6.07, 6.45) is 3.60. The van der Waals surface area contributed by atoms with Gasteiger partial charge in [-0.1, -0.05) is 25.1 Å². The van der Waals surface area contributed by atoms with Crippen LogP contribution < -0.4 is 10.1 Å². The van der Waals surface area contributed by atoms with Crippen molar-refractivity contribution in [3.63, 3.8) is 0 Å². The Balaban J connectivity index is 1.75. The molecule has 4 heteroatoms. The number of nitrogens with one attached hydrogen (secondary N) is 1. The highest BCUT2D eigenvalue weighted by molar-refractivity contribution is 5.38. The smallest absolute Gasteiger partial charge is 0.208 e. The van der Waals surface area contributed by atoms with E-state index >= 15 is 0 Å². The number of benzene rings is 1. The molecule has 0 saturated heterocycles. The summed E-state index contributed by atoms with van der Waals surface area (Å²) in [5.74, 6) is 2.64. The Morgan fingerprint density at radius 2 is 2.14 bits per heavy atom. The summed E-state index contributed by atoms with van der Waals surface area (Å²) in [4.78, 5) is 4.30. The van der Waals surface area contributed by atoms with Crippen LogP contribution in [0, 0.1) is 0 Å². The lowest BCUT2D eigenvalue weighted by Gasteiger charge is -2.37. The van der Waals surface area contributed by atoms with Gasteiger partial charge in [0.05, 0.1) is 12.7 Å². The van der Waals surface area contributed by atoms with Gasteiger partial charge in [0.15, 0.2) is 0 Å². The van der Waals surface area contributed by atoms with Crippen molar-refractivity contribution in [1.29, 1.82) is 0 Å². The van der Waals surface area contributed by atoms with Crippen LogP contribution in [0.3, 0.4) is 0 Å². The first-order chi connectivity index (χ1) is 10.1. The Bertz CT molecular complexity index is 619. The number of para-hydroxylation sites is 1. The Kier molecular flexibility index (Phi) is 3.72. The van der Waals surface area contributed by atoms with Crippen molar-refractivity contribution < 1.29 is 9.15 Å². The van der Waals surface area contributed by atoms with Gasteiger partial charge in [-0.2, -0.15) is 0 Å². The van der Waals surface area contributed by atoms with Crippen LogP contribution in [-0.4, -0.2) is 10.6 Å². The Hall–Kier alpha value is -1.81. The largest absolute Gasteiger partial charge is 0.487 e. The van der Waals surface area contributed by atoms with Crippen LogP contribution in [0.4, 0.5) is 0 Å². The number of aryl methyl sites for hydroxylation is 1. The average Bonchev–Trinajstić information content (AvgIpc) is 2.91. The number of fused-ring (bicyclic) bond motifs is 1. The van der Waals surface area contributed by atoms with Crippen LogP contribution in [-0.2, 0) is 13.0 Å². The maximum absolute atomic E-state index is 6.04. The molecule has 0 saturated carbocycles. The van der Waals surface area contributed by atoms with Gasteiger partial charge in [-0.25, -0.2) is 4.98 Å². The van der Waals surface area contributed by atoms with Gasteiger partial charge in [-0.3, -0.25) is 0 Å². The summed E-state index contributed by atoms with van der Waals surface area (Å²) in [5, 5.41) is 3.55. The molecular weight excluding hydrogens is 264 g/mol.